The average Bonchev–Trinajstić information content (AvgIpc) is 2.29. The maximum atomic E-state index is 13.4. The Hall–Kier alpha value is -1.30. The summed E-state index contributed by atoms with van der Waals surface area (Å²) < 4.78 is 26.8. The summed E-state index contributed by atoms with van der Waals surface area (Å²) in [6.45, 7) is 0. The van der Waals surface area contributed by atoms with Crippen molar-refractivity contribution in [2.75, 3.05) is 0 Å². The van der Waals surface area contributed by atoms with Crippen LogP contribution in [0, 0.1) is 15.2 Å². The van der Waals surface area contributed by atoms with Crippen LogP contribution in [0.3, 0.4) is 0 Å². The Morgan fingerprint density at radius 2 is 1.71 bits per heavy atom. The molecule has 0 spiro atoms. The van der Waals surface area contributed by atoms with Crippen molar-refractivity contribution in [3.05, 3.63) is 68.8 Å². The number of rotatable bonds is 2. The standard InChI is InChI=1S/C13H7F2IO/c14-8-5-6-10(12(16)7-8)13(17)9-3-1-2-4-11(9)15/h1-7H. The van der Waals surface area contributed by atoms with Crippen LogP contribution >= 0.6 is 22.6 Å². The van der Waals surface area contributed by atoms with Gasteiger partial charge in [-0.25, -0.2) is 8.78 Å². The maximum Gasteiger partial charge on any atom is 0.197 e. The van der Waals surface area contributed by atoms with Gasteiger partial charge in [0, 0.05) is 9.13 Å². The van der Waals surface area contributed by atoms with Crippen LogP contribution in [0.5, 0.6) is 0 Å². The van der Waals surface area contributed by atoms with Crippen molar-refractivity contribution in [2.24, 2.45) is 0 Å². The molecule has 0 radical (unpaired) electrons. The highest BCUT2D eigenvalue weighted by atomic mass is 127. The molecule has 0 saturated heterocycles. The fourth-order valence-corrected chi connectivity index (χ4v) is 2.19. The van der Waals surface area contributed by atoms with Crippen LogP contribution in [0.15, 0.2) is 42.5 Å². The van der Waals surface area contributed by atoms with Gasteiger partial charge in [0.05, 0.1) is 5.56 Å². The van der Waals surface area contributed by atoms with E-state index < -0.39 is 17.4 Å². The second-order valence-corrected chi connectivity index (χ2v) is 4.60. The third-order valence-corrected chi connectivity index (χ3v) is 3.19. The Labute approximate surface area is 111 Å². The van der Waals surface area contributed by atoms with Crippen molar-refractivity contribution in [3.63, 3.8) is 0 Å². The van der Waals surface area contributed by atoms with Crippen molar-refractivity contribution >= 4 is 28.4 Å². The predicted octanol–water partition coefficient (Wildman–Crippen LogP) is 3.80. The summed E-state index contributed by atoms with van der Waals surface area (Å²) in [5.74, 6) is -1.43. The molecule has 2 rings (SSSR count). The van der Waals surface area contributed by atoms with Crippen molar-refractivity contribution < 1.29 is 13.6 Å². The monoisotopic (exact) mass is 344 g/mol. The lowest BCUT2D eigenvalue weighted by Crippen LogP contribution is -2.06. The molecular weight excluding hydrogens is 337 g/mol. The fourth-order valence-electron chi connectivity index (χ4n) is 1.46. The summed E-state index contributed by atoms with van der Waals surface area (Å²) in [5, 5.41) is 0. The third-order valence-electron chi connectivity index (χ3n) is 2.29. The zero-order chi connectivity index (χ0) is 12.4. The van der Waals surface area contributed by atoms with E-state index in [2.05, 4.69) is 0 Å². The van der Waals surface area contributed by atoms with Crippen LogP contribution in [0.1, 0.15) is 15.9 Å². The number of hydrogen-bond acceptors (Lipinski definition) is 1. The first-order valence-corrected chi connectivity index (χ1v) is 5.92. The average molecular weight is 344 g/mol. The third kappa shape index (κ3) is 2.52. The van der Waals surface area contributed by atoms with Crippen LogP contribution < -0.4 is 0 Å². The van der Waals surface area contributed by atoms with Crippen LogP contribution in [-0.4, -0.2) is 5.78 Å². The van der Waals surface area contributed by atoms with E-state index in [1.807, 2.05) is 22.6 Å². The normalized spacial score (nSPS) is 10.3. The van der Waals surface area contributed by atoms with Crippen LogP contribution in [-0.2, 0) is 0 Å². The molecule has 86 valence electrons. The van der Waals surface area contributed by atoms with Gasteiger partial charge in [0.25, 0.3) is 0 Å². The van der Waals surface area contributed by atoms with E-state index >= 15 is 0 Å². The van der Waals surface area contributed by atoms with E-state index in [0.717, 1.165) is 0 Å². The summed E-state index contributed by atoms with van der Waals surface area (Å²) in [5.41, 5.74) is 0.300. The van der Waals surface area contributed by atoms with Gasteiger partial charge in [-0.15, -0.1) is 0 Å². The summed E-state index contributed by atoms with van der Waals surface area (Å²) in [7, 11) is 0. The second-order valence-electron chi connectivity index (χ2n) is 3.43. The highest BCUT2D eigenvalue weighted by Gasteiger charge is 2.16. The minimum Gasteiger partial charge on any atom is -0.288 e. The van der Waals surface area contributed by atoms with Gasteiger partial charge < -0.3 is 0 Å². The molecular formula is C13H7F2IO. The Bertz CT molecular complexity index is 581. The highest BCUT2D eigenvalue weighted by Crippen LogP contribution is 2.19. The summed E-state index contributed by atoms with van der Waals surface area (Å²) in [6.07, 6.45) is 0. The van der Waals surface area contributed by atoms with Gasteiger partial charge >= 0.3 is 0 Å². The van der Waals surface area contributed by atoms with Gasteiger partial charge in [0.2, 0.25) is 0 Å². The Kier molecular flexibility index (Phi) is 3.51. The first-order chi connectivity index (χ1) is 8.09. The molecule has 0 heterocycles. The summed E-state index contributed by atoms with van der Waals surface area (Å²) in [6, 6.07) is 9.55. The highest BCUT2D eigenvalue weighted by molar-refractivity contribution is 14.1. The van der Waals surface area contributed by atoms with Gasteiger partial charge in [-0.1, -0.05) is 12.1 Å². The van der Waals surface area contributed by atoms with E-state index in [9.17, 15) is 13.6 Å². The number of ketones is 1. The van der Waals surface area contributed by atoms with Gasteiger partial charge in [-0.05, 0) is 52.9 Å². The van der Waals surface area contributed by atoms with E-state index in [-0.39, 0.29) is 5.56 Å². The summed E-state index contributed by atoms with van der Waals surface area (Å²) >= 11 is 1.86. The molecule has 0 N–H and O–H groups in total. The molecule has 2 aromatic rings. The maximum absolute atomic E-state index is 13.4. The Morgan fingerprint density at radius 3 is 2.35 bits per heavy atom. The molecule has 0 saturated carbocycles. The van der Waals surface area contributed by atoms with Gasteiger partial charge in [0.15, 0.2) is 5.78 Å². The molecule has 0 atom stereocenters. The largest absolute Gasteiger partial charge is 0.288 e. The van der Waals surface area contributed by atoms with Crippen molar-refractivity contribution in [1.82, 2.24) is 0 Å². The van der Waals surface area contributed by atoms with E-state index in [1.165, 1.54) is 36.4 Å². The zero-order valence-corrected chi connectivity index (χ0v) is 10.7. The molecule has 2 aromatic carbocycles. The molecule has 0 aliphatic rings. The number of carbonyl (C=O) groups is 1. The number of halogens is 3. The van der Waals surface area contributed by atoms with Gasteiger partial charge in [0.1, 0.15) is 11.6 Å². The van der Waals surface area contributed by atoms with Crippen molar-refractivity contribution in [1.29, 1.82) is 0 Å². The molecule has 4 heteroatoms. The van der Waals surface area contributed by atoms with Crippen molar-refractivity contribution in [3.8, 4) is 0 Å². The lowest BCUT2D eigenvalue weighted by Gasteiger charge is -2.04. The minimum atomic E-state index is -0.572. The molecule has 17 heavy (non-hydrogen) atoms. The quantitative estimate of drug-likeness (QED) is 0.598. The first-order valence-electron chi connectivity index (χ1n) is 4.84. The molecule has 0 aliphatic carbocycles. The molecule has 0 fully saturated rings. The SMILES string of the molecule is O=C(c1ccccc1F)c1ccc(F)cc1I. The minimum absolute atomic E-state index is 0.00276. The Balaban J connectivity index is 2.48. The molecule has 0 unspecified atom stereocenters. The molecule has 1 nitrogen and oxygen atoms in total. The van der Waals surface area contributed by atoms with E-state index in [1.54, 1.807) is 6.07 Å². The molecule has 0 aromatic heterocycles. The zero-order valence-electron chi connectivity index (χ0n) is 8.58. The van der Waals surface area contributed by atoms with Crippen LogP contribution in [0.25, 0.3) is 0 Å². The smallest absolute Gasteiger partial charge is 0.197 e. The second kappa shape index (κ2) is 4.91. The lowest BCUT2D eigenvalue weighted by atomic mass is 10.0. The predicted molar refractivity (Wildman–Crippen MR) is 68.9 cm³/mol. The number of hydrogen-bond donors (Lipinski definition) is 0. The molecule has 0 aliphatic heterocycles. The van der Waals surface area contributed by atoms with Crippen molar-refractivity contribution in [2.45, 2.75) is 0 Å². The Morgan fingerprint density at radius 1 is 1.00 bits per heavy atom. The molecule has 0 amide bonds. The van der Waals surface area contributed by atoms with Gasteiger partial charge in [-0.3, -0.25) is 4.79 Å². The number of benzene rings is 2. The van der Waals surface area contributed by atoms with E-state index in [4.69, 9.17) is 0 Å². The van der Waals surface area contributed by atoms with Crippen LogP contribution in [0.2, 0.25) is 0 Å². The summed E-state index contributed by atoms with van der Waals surface area (Å²) in [4.78, 5) is 12.0. The van der Waals surface area contributed by atoms with Gasteiger partial charge in [-0.2, -0.15) is 0 Å². The first kappa shape index (κ1) is 12.2. The fraction of sp³-hybridized carbons (Fsp3) is 0. The van der Waals surface area contributed by atoms with Crippen LogP contribution in [0.4, 0.5) is 8.78 Å². The lowest BCUT2D eigenvalue weighted by molar-refractivity contribution is 0.103. The molecule has 0 bridgehead atoms. The topological polar surface area (TPSA) is 17.1 Å². The number of carbonyl (C=O) groups excluding carboxylic acids is 1. The van der Waals surface area contributed by atoms with E-state index in [0.29, 0.717) is 9.13 Å².